The Morgan fingerprint density at radius 2 is 2.05 bits per heavy atom. The maximum atomic E-state index is 12.9. The first-order valence-electron chi connectivity index (χ1n) is 6.44. The van der Waals surface area contributed by atoms with Crippen molar-refractivity contribution in [1.29, 1.82) is 0 Å². The van der Waals surface area contributed by atoms with Gasteiger partial charge in [-0.05, 0) is 48.1 Å². The molecule has 0 atom stereocenters. The van der Waals surface area contributed by atoms with Gasteiger partial charge in [-0.25, -0.2) is 4.39 Å². The van der Waals surface area contributed by atoms with Crippen LogP contribution >= 0.6 is 11.5 Å². The molecule has 0 aliphatic carbocycles. The number of aromatic nitrogens is 2. The van der Waals surface area contributed by atoms with Crippen molar-refractivity contribution in [3.63, 3.8) is 0 Å². The van der Waals surface area contributed by atoms with E-state index in [4.69, 9.17) is 0 Å². The summed E-state index contributed by atoms with van der Waals surface area (Å²) < 4.78 is 16.7. The van der Waals surface area contributed by atoms with Crippen molar-refractivity contribution < 1.29 is 9.18 Å². The summed E-state index contributed by atoms with van der Waals surface area (Å²) in [6, 6.07) is 5.87. The highest BCUT2D eigenvalue weighted by atomic mass is 32.1. The lowest BCUT2D eigenvalue weighted by molar-refractivity contribution is 0.0956. The van der Waals surface area contributed by atoms with Crippen LogP contribution < -0.4 is 5.32 Å². The lowest BCUT2D eigenvalue weighted by Crippen LogP contribution is -2.25. The van der Waals surface area contributed by atoms with E-state index in [9.17, 15) is 9.18 Å². The van der Waals surface area contributed by atoms with Gasteiger partial charge in [-0.15, -0.1) is 5.10 Å². The largest absolute Gasteiger partial charge is 0.351 e. The number of halogens is 1. The molecule has 0 spiro atoms. The first-order valence-corrected chi connectivity index (χ1v) is 7.21. The first kappa shape index (κ1) is 14.6. The molecule has 6 heteroatoms. The fraction of sp³-hybridized carbons (Fsp3) is 0.357. The van der Waals surface area contributed by atoms with E-state index in [0.717, 1.165) is 18.0 Å². The summed E-state index contributed by atoms with van der Waals surface area (Å²) in [5, 5.41) is 6.82. The van der Waals surface area contributed by atoms with Crippen LogP contribution in [0.3, 0.4) is 0 Å². The van der Waals surface area contributed by atoms with Gasteiger partial charge < -0.3 is 5.32 Å². The molecule has 0 fully saturated rings. The summed E-state index contributed by atoms with van der Waals surface area (Å²) in [4.78, 5) is 12.6. The van der Waals surface area contributed by atoms with Gasteiger partial charge in [0.1, 0.15) is 16.4 Å². The molecule has 2 rings (SSSR count). The van der Waals surface area contributed by atoms with Crippen LogP contribution in [0.2, 0.25) is 0 Å². The minimum absolute atomic E-state index is 0.181. The van der Waals surface area contributed by atoms with Gasteiger partial charge in [0.05, 0.1) is 0 Å². The number of carbonyl (C=O) groups is 1. The van der Waals surface area contributed by atoms with Gasteiger partial charge in [0.25, 0.3) is 5.91 Å². The fourth-order valence-electron chi connectivity index (χ4n) is 1.69. The summed E-state index contributed by atoms with van der Waals surface area (Å²) in [6.07, 6.45) is 0.920. The van der Waals surface area contributed by atoms with Crippen LogP contribution in [-0.4, -0.2) is 22.0 Å². The number of benzene rings is 1. The van der Waals surface area contributed by atoms with Crippen LogP contribution in [0.4, 0.5) is 4.39 Å². The Bertz CT molecular complexity index is 580. The highest BCUT2D eigenvalue weighted by Gasteiger charge is 2.17. The van der Waals surface area contributed by atoms with Crippen molar-refractivity contribution in [2.24, 2.45) is 5.92 Å². The normalized spacial score (nSPS) is 10.8. The smallest absolute Gasteiger partial charge is 0.265 e. The summed E-state index contributed by atoms with van der Waals surface area (Å²) in [7, 11) is 0. The van der Waals surface area contributed by atoms with Crippen LogP contribution in [0.5, 0.6) is 0 Å². The van der Waals surface area contributed by atoms with E-state index in [0.29, 0.717) is 28.6 Å². The predicted molar refractivity (Wildman–Crippen MR) is 77.1 cm³/mol. The highest BCUT2D eigenvalue weighted by molar-refractivity contribution is 7.08. The van der Waals surface area contributed by atoms with Gasteiger partial charge in [-0.2, -0.15) is 0 Å². The maximum Gasteiger partial charge on any atom is 0.265 e. The van der Waals surface area contributed by atoms with E-state index < -0.39 is 0 Å². The monoisotopic (exact) mass is 293 g/mol. The zero-order chi connectivity index (χ0) is 14.5. The Kier molecular flexibility index (Phi) is 4.79. The molecule has 1 N–H and O–H groups in total. The number of amides is 1. The van der Waals surface area contributed by atoms with Gasteiger partial charge in [-0.1, -0.05) is 18.3 Å². The standard InChI is InChI=1S/C14H16FN3OS/c1-9(2)7-8-16-14(19)13-12(17-18-20-13)10-3-5-11(15)6-4-10/h3-6,9H,7-8H2,1-2H3,(H,16,19). The average Bonchev–Trinajstić information content (AvgIpc) is 2.88. The Hall–Kier alpha value is -1.82. The van der Waals surface area contributed by atoms with Crippen molar-refractivity contribution >= 4 is 17.4 Å². The molecule has 20 heavy (non-hydrogen) atoms. The third-order valence-electron chi connectivity index (χ3n) is 2.82. The second kappa shape index (κ2) is 6.56. The number of hydrogen-bond donors (Lipinski definition) is 1. The second-order valence-corrected chi connectivity index (χ2v) is 5.65. The minimum atomic E-state index is -0.320. The summed E-state index contributed by atoms with van der Waals surface area (Å²) in [5.74, 6) is 0.0336. The van der Waals surface area contributed by atoms with E-state index in [2.05, 4.69) is 28.8 Å². The minimum Gasteiger partial charge on any atom is -0.351 e. The van der Waals surface area contributed by atoms with E-state index in [-0.39, 0.29) is 11.7 Å². The summed E-state index contributed by atoms with van der Waals surface area (Å²) >= 11 is 1.05. The summed E-state index contributed by atoms with van der Waals surface area (Å²) in [6.45, 7) is 4.83. The molecule has 1 heterocycles. The number of hydrogen-bond acceptors (Lipinski definition) is 4. The first-order chi connectivity index (χ1) is 9.58. The van der Waals surface area contributed by atoms with Crippen LogP contribution in [0.1, 0.15) is 29.9 Å². The average molecular weight is 293 g/mol. The number of nitrogens with one attached hydrogen (secondary N) is 1. The molecule has 0 bridgehead atoms. The molecule has 0 aliphatic rings. The molecule has 2 aromatic rings. The molecule has 0 radical (unpaired) electrons. The molecule has 0 saturated heterocycles. The molecule has 1 amide bonds. The molecule has 1 aromatic carbocycles. The van der Waals surface area contributed by atoms with E-state index >= 15 is 0 Å². The molecular formula is C14H16FN3OS. The molecule has 0 saturated carbocycles. The van der Waals surface area contributed by atoms with Crippen molar-refractivity contribution in [3.8, 4) is 11.3 Å². The second-order valence-electron chi connectivity index (χ2n) is 4.90. The van der Waals surface area contributed by atoms with Crippen LogP contribution in [0.25, 0.3) is 11.3 Å². The van der Waals surface area contributed by atoms with Crippen molar-refractivity contribution in [1.82, 2.24) is 14.9 Å². The Morgan fingerprint density at radius 1 is 1.35 bits per heavy atom. The molecule has 106 valence electrons. The summed E-state index contributed by atoms with van der Waals surface area (Å²) in [5.41, 5.74) is 1.19. The number of nitrogens with zero attached hydrogens (tertiary/aromatic N) is 2. The number of rotatable bonds is 5. The zero-order valence-corrected chi connectivity index (χ0v) is 12.2. The topological polar surface area (TPSA) is 54.9 Å². The predicted octanol–water partition coefficient (Wildman–Crippen LogP) is 3.12. The lowest BCUT2D eigenvalue weighted by atomic mass is 10.1. The van der Waals surface area contributed by atoms with E-state index in [1.54, 1.807) is 12.1 Å². The van der Waals surface area contributed by atoms with Gasteiger partial charge in [-0.3, -0.25) is 4.79 Å². The lowest BCUT2D eigenvalue weighted by Gasteiger charge is -2.06. The van der Waals surface area contributed by atoms with Gasteiger partial charge in [0.2, 0.25) is 0 Å². The van der Waals surface area contributed by atoms with Gasteiger partial charge >= 0.3 is 0 Å². The number of carbonyl (C=O) groups excluding carboxylic acids is 1. The van der Waals surface area contributed by atoms with Crippen LogP contribution in [-0.2, 0) is 0 Å². The van der Waals surface area contributed by atoms with Gasteiger partial charge in [0, 0.05) is 12.1 Å². The van der Waals surface area contributed by atoms with E-state index in [1.165, 1.54) is 12.1 Å². The van der Waals surface area contributed by atoms with Crippen molar-refractivity contribution in [2.45, 2.75) is 20.3 Å². The molecular weight excluding hydrogens is 277 g/mol. The third-order valence-corrected chi connectivity index (χ3v) is 3.54. The van der Waals surface area contributed by atoms with E-state index in [1.807, 2.05) is 0 Å². The molecule has 0 unspecified atom stereocenters. The van der Waals surface area contributed by atoms with Crippen LogP contribution in [0.15, 0.2) is 24.3 Å². The Labute approximate surface area is 121 Å². The Morgan fingerprint density at radius 3 is 2.70 bits per heavy atom. The fourth-order valence-corrected chi connectivity index (χ4v) is 2.30. The quantitative estimate of drug-likeness (QED) is 0.921. The third kappa shape index (κ3) is 3.60. The van der Waals surface area contributed by atoms with Gasteiger partial charge in [0.15, 0.2) is 0 Å². The zero-order valence-electron chi connectivity index (χ0n) is 11.4. The van der Waals surface area contributed by atoms with Crippen molar-refractivity contribution in [3.05, 3.63) is 35.0 Å². The van der Waals surface area contributed by atoms with Crippen LogP contribution in [0, 0.1) is 11.7 Å². The van der Waals surface area contributed by atoms with Crippen molar-refractivity contribution in [2.75, 3.05) is 6.54 Å². The maximum absolute atomic E-state index is 12.9. The highest BCUT2D eigenvalue weighted by Crippen LogP contribution is 2.23. The molecule has 0 aliphatic heterocycles. The SMILES string of the molecule is CC(C)CCNC(=O)c1snnc1-c1ccc(F)cc1. The Balaban J connectivity index is 2.12. The molecule has 4 nitrogen and oxygen atoms in total. The molecule has 1 aromatic heterocycles.